The van der Waals surface area contributed by atoms with Crippen LogP contribution in [0.2, 0.25) is 0 Å². The van der Waals surface area contributed by atoms with Crippen LogP contribution < -0.4 is 10.6 Å². The van der Waals surface area contributed by atoms with E-state index in [1.165, 1.54) is 0 Å². The highest BCUT2D eigenvalue weighted by Gasteiger charge is 2.38. The average Bonchev–Trinajstić information content (AvgIpc) is 2.17. The van der Waals surface area contributed by atoms with Crippen LogP contribution in [0.4, 0.5) is 13.2 Å². The van der Waals surface area contributed by atoms with Crippen molar-refractivity contribution < 1.29 is 27.9 Å². The lowest BCUT2D eigenvalue weighted by atomic mass is 10.1. The van der Waals surface area contributed by atoms with Crippen LogP contribution in [-0.4, -0.2) is 41.8 Å². The minimum atomic E-state index is -5.08. The van der Waals surface area contributed by atoms with Gasteiger partial charge in [0.1, 0.15) is 0 Å². The molecule has 1 saturated heterocycles. The molecule has 17 heavy (non-hydrogen) atoms. The Morgan fingerprint density at radius 2 is 2.00 bits per heavy atom. The van der Waals surface area contributed by atoms with Crippen LogP contribution >= 0.6 is 0 Å². The second-order valence-corrected chi connectivity index (χ2v) is 3.58. The first-order valence-electron chi connectivity index (χ1n) is 5.02. The number of halogens is 3. The summed E-state index contributed by atoms with van der Waals surface area (Å²) >= 11 is 0. The quantitative estimate of drug-likeness (QED) is 0.638. The third kappa shape index (κ3) is 6.10. The third-order valence-electron chi connectivity index (χ3n) is 2.03. The maximum absolute atomic E-state index is 11.1. The number of carbonyl (C=O) groups excluding carboxylic acids is 1. The van der Waals surface area contributed by atoms with Crippen molar-refractivity contribution in [3.63, 3.8) is 0 Å². The van der Waals surface area contributed by atoms with Crippen molar-refractivity contribution >= 4 is 11.9 Å². The predicted octanol–water partition coefficient (Wildman–Crippen LogP) is 0.506. The molecular formula is C9H15F3N2O3. The first-order valence-corrected chi connectivity index (χ1v) is 5.02. The van der Waals surface area contributed by atoms with Crippen molar-refractivity contribution in [2.75, 3.05) is 6.54 Å². The number of amides is 1. The fourth-order valence-corrected chi connectivity index (χ4v) is 1.14. The van der Waals surface area contributed by atoms with Crippen LogP contribution in [0, 0.1) is 0 Å². The van der Waals surface area contributed by atoms with Crippen LogP contribution in [0.5, 0.6) is 0 Å². The highest BCUT2D eigenvalue weighted by atomic mass is 19.4. The molecule has 1 rings (SSSR count). The first-order chi connectivity index (χ1) is 7.68. The number of hydrogen-bond acceptors (Lipinski definition) is 3. The molecule has 0 aromatic heterocycles. The topological polar surface area (TPSA) is 78.4 Å². The van der Waals surface area contributed by atoms with E-state index in [1.54, 1.807) is 0 Å². The molecule has 2 atom stereocenters. The van der Waals surface area contributed by atoms with Crippen molar-refractivity contribution in [3.05, 3.63) is 0 Å². The van der Waals surface area contributed by atoms with Crippen LogP contribution in [0.15, 0.2) is 0 Å². The average molecular weight is 256 g/mol. The predicted molar refractivity (Wildman–Crippen MR) is 53.4 cm³/mol. The lowest BCUT2D eigenvalue weighted by Gasteiger charge is -2.27. The molecular weight excluding hydrogens is 241 g/mol. The minimum absolute atomic E-state index is 0.0381. The second kappa shape index (κ2) is 6.43. The van der Waals surface area contributed by atoms with E-state index in [0.717, 1.165) is 13.0 Å². The van der Waals surface area contributed by atoms with Crippen LogP contribution in [0.1, 0.15) is 20.3 Å². The van der Waals surface area contributed by atoms with Gasteiger partial charge in [-0.25, -0.2) is 4.79 Å². The molecule has 0 bridgehead atoms. The van der Waals surface area contributed by atoms with Crippen molar-refractivity contribution in [3.8, 4) is 0 Å². The van der Waals surface area contributed by atoms with E-state index in [1.807, 2.05) is 13.8 Å². The van der Waals surface area contributed by atoms with E-state index >= 15 is 0 Å². The Morgan fingerprint density at radius 3 is 2.29 bits per heavy atom. The zero-order chi connectivity index (χ0) is 13.6. The van der Waals surface area contributed by atoms with Crippen molar-refractivity contribution in [2.24, 2.45) is 0 Å². The Hall–Kier alpha value is -1.31. The van der Waals surface area contributed by atoms with Gasteiger partial charge in [0.05, 0.1) is 6.04 Å². The molecule has 3 N–H and O–H groups in total. The van der Waals surface area contributed by atoms with Gasteiger partial charge < -0.3 is 15.7 Å². The second-order valence-electron chi connectivity index (χ2n) is 3.58. The van der Waals surface area contributed by atoms with Crippen molar-refractivity contribution in [1.82, 2.24) is 10.6 Å². The van der Waals surface area contributed by atoms with Gasteiger partial charge in [-0.05, 0) is 13.3 Å². The van der Waals surface area contributed by atoms with Crippen LogP contribution in [-0.2, 0) is 9.59 Å². The van der Waals surface area contributed by atoms with Crippen molar-refractivity contribution in [1.29, 1.82) is 0 Å². The highest BCUT2D eigenvalue weighted by Crippen LogP contribution is 2.13. The van der Waals surface area contributed by atoms with E-state index in [9.17, 15) is 18.0 Å². The minimum Gasteiger partial charge on any atom is -0.475 e. The molecule has 0 spiro atoms. The molecule has 0 aromatic rings. The van der Waals surface area contributed by atoms with Crippen molar-refractivity contribution in [2.45, 2.75) is 38.5 Å². The fraction of sp³-hybridized carbons (Fsp3) is 0.778. The lowest BCUT2D eigenvalue weighted by molar-refractivity contribution is -0.192. The maximum atomic E-state index is 11.1. The molecule has 2 unspecified atom stereocenters. The van der Waals surface area contributed by atoms with E-state index in [-0.39, 0.29) is 18.0 Å². The fourth-order valence-electron chi connectivity index (χ4n) is 1.14. The number of carboxylic acid groups (broad SMARTS) is 1. The number of carbonyl (C=O) groups is 2. The number of carboxylic acids is 1. The number of piperazine rings is 1. The molecule has 5 nitrogen and oxygen atoms in total. The molecule has 1 aliphatic rings. The third-order valence-corrected chi connectivity index (χ3v) is 2.03. The summed E-state index contributed by atoms with van der Waals surface area (Å²) in [5, 5.41) is 13.2. The van der Waals surface area contributed by atoms with Crippen LogP contribution in [0.3, 0.4) is 0 Å². The Balaban J connectivity index is 0.000000325. The Morgan fingerprint density at radius 1 is 1.53 bits per heavy atom. The molecule has 0 saturated carbocycles. The smallest absolute Gasteiger partial charge is 0.475 e. The van der Waals surface area contributed by atoms with Gasteiger partial charge in [-0.3, -0.25) is 4.79 Å². The van der Waals surface area contributed by atoms with Gasteiger partial charge in [0.2, 0.25) is 5.91 Å². The number of alkyl halides is 3. The van der Waals surface area contributed by atoms with Gasteiger partial charge in [0.25, 0.3) is 0 Å². The van der Waals surface area contributed by atoms with Gasteiger partial charge in [0, 0.05) is 12.6 Å². The summed E-state index contributed by atoms with van der Waals surface area (Å²) in [4.78, 5) is 20.0. The standard InChI is InChI=1S/C7H14N2O.C2HF3O2/c1-3-6-7(10)9-5(2)4-8-6;3-2(4,5)1(6)7/h5-6,8H,3-4H2,1-2H3,(H,9,10);(H,6,7). The highest BCUT2D eigenvalue weighted by molar-refractivity contribution is 5.82. The number of hydrogen-bond donors (Lipinski definition) is 3. The normalized spacial score (nSPS) is 24.4. The number of nitrogens with one attached hydrogen (secondary N) is 2. The van der Waals surface area contributed by atoms with E-state index in [0.29, 0.717) is 0 Å². The van der Waals surface area contributed by atoms with E-state index < -0.39 is 12.1 Å². The Labute approximate surface area is 96.4 Å². The molecule has 100 valence electrons. The lowest BCUT2D eigenvalue weighted by Crippen LogP contribution is -2.56. The Kier molecular flexibility index (Phi) is 5.94. The molecule has 0 aromatic carbocycles. The zero-order valence-electron chi connectivity index (χ0n) is 9.47. The first kappa shape index (κ1) is 15.7. The molecule has 0 aliphatic carbocycles. The summed E-state index contributed by atoms with van der Waals surface area (Å²) in [7, 11) is 0. The summed E-state index contributed by atoms with van der Waals surface area (Å²) in [5.74, 6) is -2.62. The van der Waals surface area contributed by atoms with Gasteiger partial charge >= 0.3 is 12.1 Å². The largest absolute Gasteiger partial charge is 0.490 e. The van der Waals surface area contributed by atoms with Gasteiger partial charge in [-0.15, -0.1) is 0 Å². The summed E-state index contributed by atoms with van der Waals surface area (Å²) < 4.78 is 31.7. The van der Waals surface area contributed by atoms with E-state index in [2.05, 4.69) is 10.6 Å². The molecule has 8 heteroatoms. The summed E-state index contributed by atoms with van der Waals surface area (Å²) in [6, 6.07) is 0.325. The molecule has 1 heterocycles. The molecule has 1 amide bonds. The molecule has 0 radical (unpaired) electrons. The van der Waals surface area contributed by atoms with Gasteiger partial charge in [-0.1, -0.05) is 6.92 Å². The van der Waals surface area contributed by atoms with Gasteiger partial charge in [0.15, 0.2) is 0 Å². The Bertz CT molecular complexity index is 281. The van der Waals surface area contributed by atoms with E-state index in [4.69, 9.17) is 9.90 Å². The summed E-state index contributed by atoms with van der Waals surface area (Å²) in [6.07, 6.45) is -4.21. The monoisotopic (exact) mass is 256 g/mol. The molecule has 1 aliphatic heterocycles. The van der Waals surface area contributed by atoms with Crippen LogP contribution in [0.25, 0.3) is 0 Å². The van der Waals surface area contributed by atoms with Gasteiger partial charge in [-0.2, -0.15) is 13.2 Å². The summed E-state index contributed by atoms with van der Waals surface area (Å²) in [5.41, 5.74) is 0. The SMILES string of the molecule is CCC1NCC(C)NC1=O.O=C(O)C(F)(F)F. The zero-order valence-corrected chi connectivity index (χ0v) is 9.47. The maximum Gasteiger partial charge on any atom is 0.490 e. The number of rotatable bonds is 1. The number of aliphatic carboxylic acids is 1. The summed E-state index contributed by atoms with van der Waals surface area (Å²) in [6.45, 7) is 4.90. The molecule has 1 fully saturated rings.